The van der Waals surface area contributed by atoms with Crippen LogP contribution >= 0.6 is 0 Å². The van der Waals surface area contributed by atoms with Crippen molar-refractivity contribution in [2.75, 3.05) is 30.3 Å². The lowest BCUT2D eigenvalue weighted by Gasteiger charge is -2.06. The van der Waals surface area contributed by atoms with E-state index in [9.17, 15) is 0 Å². The molecule has 0 saturated heterocycles. The second kappa shape index (κ2) is 6.78. The smallest absolute Gasteiger partial charge is 0.131 e. The number of aromatic nitrogens is 2. The SMILES string of the molecule is C=CCNc1cc(NCCCN)ncn1. The molecule has 0 aliphatic heterocycles. The predicted octanol–water partition coefficient (Wildman–Crippen LogP) is 0.835. The third-order valence-electron chi connectivity index (χ3n) is 1.78. The minimum absolute atomic E-state index is 0.680. The molecule has 4 N–H and O–H groups in total. The van der Waals surface area contributed by atoms with Gasteiger partial charge < -0.3 is 16.4 Å². The predicted molar refractivity (Wildman–Crippen MR) is 62.9 cm³/mol. The monoisotopic (exact) mass is 207 g/mol. The summed E-state index contributed by atoms with van der Waals surface area (Å²) in [5.41, 5.74) is 5.39. The Kier molecular flexibility index (Phi) is 5.18. The normalized spacial score (nSPS) is 9.67. The maximum absolute atomic E-state index is 5.39. The summed E-state index contributed by atoms with van der Waals surface area (Å²) in [6, 6.07) is 1.86. The Bertz CT molecular complexity index is 300. The largest absolute Gasteiger partial charge is 0.370 e. The van der Waals surface area contributed by atoms with Gasteiger partial charge in [-0.3, -0.25) is 0 Å². The van der Waals surface area contributed by atoms with Crippen LogP contribution in [0.15, 0.2) is 25.0 Å². The highest BCUT2D eigenvalue weighted by molar-refractivity contribution is 5.46. The van der Waals surface area contributed by atoms with Gasteiger partial charge in [-0.2, -0.15) is 0 Å². The molecule has 1 aromatic heterocycles. The quantitative estimate of drug-likeness (QED) is 0.456. The molecule has 0 radical (unpaired) electrons. The minimum Gasteiger partial charge on any atom is -0.370 e. The number of anilines is 2. The lowest BCUT2D eigenvalue weighted by molar-refractivity contribution is 0.869. The van der Waals surface area contributed by atoms with Crippen molar-refractivity contribution in [3.8, 4) is 0 Å². The molecule has 82 valence electrons. The number of nitrogens with zero attached hydrogens (tertiary/aromatic N) is 2. The fraction of sp³-hybridized carbons (Fsp3) is 0.400. The second-order valence-corrected chi connectivity index (χ2v) is 3.03. The Morgan fingerprint density at radius 1 is 1.33 bits per heavy atom. The maximum atomic E-state index is 5.39. The summed E-state index contributed by atoms with van der Waals surface area (Å²) in [4.78, 5) is 8.16. The molecule has 0 atom stereocenters. The molecule has 0 saturated carbocycles. The molecule has 0 aliphatic carbocycles. The van der Waals surface area contributed by atoms with E-state index in [1.54, 1.807) is 6.08 Å². The van der Waals surface area contributed by atoms with E-state index in [0.717, 1.165) is 24.6 Å². The number of nitrogens with one attached hydrogen (secondary N) is 2. The fourth-order valence-corrected chi connectivity index (χ4v) is 1.05. The van der Waals surface area contributed by atoms with Gasteiger partial charge in [0.2, 0.25) is 0 Å². The highest BCUT2D eigenvalue weighted by atomic mass is 15.1. The summed E-state index contributed by atoms with van der Waals surface area (Å²) in [7, 11) is 0. The van der Waals surface area contributed by atoms with Crippen LogP contribution in [0.1, 0.15) is 6.42 Å². The Morgan fingerprint density at radius 2 is 2.07 bits per heavy atom. The van der Waals surface area contributed by atoms with Gasteiger partial charge in [-0.1, -0.05) is 6.08 Å². The first-order valence-corrected chi connectivity index (χ1v) is 4.97. The number of nitrogens with two attached hydrogens (primary N) is 1. The minimum atomic E-state index is 0.680. The highest BCUT2D eigenvalue weighted by Crippen LogP contribution is 2.07. The fourth-order valence-electron chi connectivity index (χ4n) is 1.05. The molecule has 1 rings (SSSR count). The molecule has 0 amide bonds. The van der Waals surface area contributed by atoms with E-state index in [-0.39, 0.29) is 0 Å². The van der Waals surface area contributed by atoms with Gasteiger partial charge in [0, 0.05) is 19.2 Å². The van der Waals surface area contributed by atoms with Crippen LogP contribution in [0.5, 0.6) is 0 Å². The second-order valence-electron chi connectivity index (χ2n) is 3.03. The van der Waals surface area contributed by atoms with E-state index in [1.807, 2.05) is 6.07 Å². The number of hydrogen-bond donors (Lipinski definition) is 3. The molecule has 1 heterocycles. The molecule has 5 heteroatoms. The van der Waals surface area contributed by atoms with Crippen molar-refractivity contribution in [3.63, 3.8) is 0 Å². The van der Waals surface area contributed by atoms with Gasteiger partial charge in [-0.25, -0.2) is 9.97 Å². The van der Waals surface area contributed by atoms with Crippen LogP contribution in [-0.2, 0) is 0 Å². The first-order valence-electron chi connectivity index (χ1n) is 4.97. The number of hydrogen-bond acceptors (Lipinski definition) is 5. The van der Waals surface area contributed by atoms with Gasteiger partial charge in [0.15, 0.2) is 0 Å². The van der Waals surface area contributed by atoms with E-state index < -0.39 is 0 Å². The molecule has 0 aromatic carbocycles. The Labute approximate surface area is 89.8 Å². The standard InChI is InChI=1S/C10H17N5/c1-2-5-12-9-7-10(15-8-14-9)13-6-3-4-11/h2,7-8H,1,3-6,11H2,(H2,12,13,14,15). The molecule has 0 bridgehead atoms. The summed E-state index contributed by atoms with van der Waals surface area (Å²) in [5, 5.41) is 6.26. The Balaban J connectivity index is 2.46. The summed E-state index contributed by atoms with van der Waals surface area (Å²) in [6.45, 7) is 5.83. The molecule has 0 fully saturated rings. The zero-order valence-corrected chi connectivity index (χ0v) is 8.74. The van der Waals surface area contributed by atoms with E-state index in [0.29, 0.717) is 13.1 Å². The third kappa shape index (κ3) is 4.42. The molecule has 0 spiro atoms. The van der Waals surface area contributed by atoms with Crippen LogP contribution in [0.3, 0.4) is 0 Å². The average molecular weight is 207 g/mol. The lowest BCUT2D eigenvalue weighted by atomic mass is 10.4. The average Bonchev–Trinajstić information content (AvgIpc) is 2.27. The number of rotatable bonds is 7. The summed E-state index contributed by atoms with van der Waals surface area (Å²) < 4.78 is 0. The lowest BCUT2D eigenvalue weighted by Crippen LogP contribution is -2.10. The van der Waals surface area contributed by atoms with Crippen molar-refractivity contribution < 1.29 is 0 Å². The molecule has 15 heavy (non-hydrogen) atoms. The van der Waals surface area contributed by atoms with E-state index >= 15 is 0 Å². The van der Waals surface area contributed by atoms with Gasteiger partial charge in [-0.15, -0.1) is 6.58 Å². The molecular weight excluding hydrogens is 190 g/mol. The molecular formula is C10H17N5. The zero-order valence-electron chi connectivity index (χ0n) is 8.74. The van der Waals surface area contributed by atoms with Crippen LogP contribution in [0.25, 0.3) is 0 Å². The van der Waals surface area contributed by atoms with Crippen molar-refractivity contribution in [2.45, 2.75) is 6.42 Å². The van der Waals surface area contributed by atoms with Crippen LogP contribution in [-0.4, -0.2) is 29.6 Å². The summed E-state index contributed by atoms with van der Waals surface area (Å²) in [6.07, 6.45) is 4.24. The van der Waals surface area contributed by atoms with Crippen LogP contribution in [0.2, 0.25) is 0 Å². The molecule has 0 aliphatic rings. The molecule has 5 nitrogen and oxygen atoms in total. The van der Waals surface area contributed by atoms with Crippen molar-refractivity contribution >= 4 is 11.6 Å². The molecule has 0 unspecified atom stereocenters. The van der Waals surface area contributed by atoms with Gasteiger partial charge in [0.1, 0.15) is 18.0 Å². The van der Waals surface area contributed by atoms with Gasteiger partial charge in [0.05, 0.1) is 0 Å². The van der Waals surface area contributed by atoms with E-state index in [2.05, 4.69) is 27.2 Å². The van der Waals surface area contributed by atoms with Crippen molar-refractivity contribution in [3.05, 3.63) is 25.0 Å². The zero-order chi connectivity index (χ0) is 10.9. The van der Waals surface area contributed by atoms with Crippen LogP contribution in [0.4, 0.5) is 11.6 Å². The van der Waals surface area contributed by atoms with Gasteiger partial charge in [0.25, 0.3) is 0 Å². The van der Waals surface area contributed by atoms with Crippen LogP contribution < -0.4 is 16.4 Å². The third-order valence-corrected chi connectivity index (χ3v) is 1.78. The Hall–Kier alpha value is -1.62. The van der Waals surface area contributed by atoms with E-state index in [4.69, 9.17) is 5.73 Å². The topological polar surface area (TPSA) is 75.9 Å². The molecule has 1 aromatic rings. The Morgan fingerprint density at radius 3 is 2.73 bits per heavy atom. The first kappa shape index (κ1) is 11.5. The summed E-state index contributed by atoms with van der Waals surface area (Å²) >= 11 is 0. The highest BCUT2D eigenvalue weighted by Gasteiger charge is 1.96. The first-order chi connectivity index (χ1) is 7.36. The van der Waals surface area contributed by atoms with Gasteiger partial charge >= 0.3 is 0 Å². The van der Waals surface area contributed by atoms with Crippen molar-refractivity contribution in [2.24, 2.45) is 5.73 Å². The maximum Gasteiger partial charge on any atom is 0.131 e. The van der Waals surface area contributed by atoms with Gasteiger partial charge in [-0.05, 0) is 13.0 Å². The van der Waals surface area contributed by atoms with Crippen LogP contribution in [0, 0.1) is 0 Å². The van der Waals surface area contributed by atoms with Crippen molar-refractivity contribution in [1.29, 1.82) is 0 Å². The van der Waals surface area contributed by atoms with Crippen molar-refractivity contribution in [1.82, 2.24) is 9.97 Å². The summed E-state index contributed by atoms with van der Waals surface area (Å²) in [5.74, 6) is 1.60. The van der Waals surface area contributed by atoms with E-state index in [1.165, 1.54) is 6.33 Å².